The smallest absolute Gasteiger partial charge is 0.334 e. The van der Waals surface area contributed by atoms with Gasteiger partial charge in [-0.15, -0.1) is 11.3 Å². The molecule has 0 aromatic carbocycles. The number of carboxylic acids is 1. The topological polar surface area (TPSA) is 71.5 Å². The predicted molar refractivity (Wildman–Crippen MR) is 49.0 cm³/mol. The number of carbonyl (C=O) groups is 1. The highest BCUT2D eigenvalue weighted by atomic mass is 32.1. The monoisotopic (exact) mass is 202 g/mol. The van der Waals surface area contributed by atoms with E-state index in [1.165, 1.54) is 18.4 Å². The minimum absolute atomic E-state index is 0.222. The zero-order chi connectivity index (χ0) is 9.68. The van der Waals surface area contributed by atoms with Crippen LogP contribution < -0.4 is 5.32 Å². The Morgan fingerprint density at radius 1 is 1.92 bits per heavy atom. The molecule has 0 amide bonds. The van der Waals surface area contributed by atoms with Gasteiger partial charge in [-0.1, -0.05) is 0 Å². The summed E-state index contributed by atoms with van der Waals surface area (Å²) in [7, 11) is 1.36. The number of hydrogen-bond acceptors (Lipinski definition) is 5. The first-order valence-electron chi connectivity index (χ1n) is 3.63. The molecule has 1 aromatic heterocycles. The van der Waals surface area contributed by atoms with Crippen LogP contribution in [0, 0.1) is 0 Å². The number of nitrogens with zero attached hydrogens (tertiary/aromatic N) is 1. The van der Waals surface area contributed by atoms with E-state index >= 15 is 0 Å². The van der Waals surface area contributed by atoms with E-state index in [0.29, 0.717) is 5.13 Å². The molecule has 1 rings (SSSR count). The Hall–Kier alpha value is -1.14. The normalized spacial score (nSPS) is 12.4. The van der Waals surface area contributed by atoms with E-state index in [1.54, 1.807) is 6.20 Å². The van der Waals surface area contributed by atoms with Gasteiger partial charge in [0, 0.05) is 18.7 Å². The number of rotatable bonds is 5. The third kappa shape index (κ3) is 3.00. The van der Waals surface area contributed by atoms with E-state index < -0.39 is 12.1 Å². The average molecular weight is 202 g/mol. The zero-order valence-electron chi connectivity index (χ0n) is 7.06. The number of nitrogens with one attached hydrogen (secondary N) is 1. The van der Waals surface area contributed by atoms with Gasteiger partial charge in [0.2, 0.25) is 0 Å². The Kier molecular flexibility index (Phi) is 3.66. The van der Waals surface area contributed by atoms with Crippen LogP contribution in [0.15, 0.2) is 11.6 Å². The lowest BCUT2D eigenvalue weighted by molar-refractivity contribution is -0.147. The van der Waals surface area contributed by atoms with E-state index in [2.05, 4.69) is 10.3 Å². The number of thiazole rings is 1. The van der Waals surface area contributed by atoms with Crippen molar-refractivity contribution in [3.05, 3.63) is 11.6 Å². The standard InChI is InChI=1S/C7H10N2O3S/c1-12-5(6(10)11)4-9-7-8-2-3-13-7/h2-3,5H,4H2,1H3,(H,8,9)(H,10,11). The molecule has 1 heterocycles. The molecule has 0 aliphatic rings. The predicted octanol–water partition coefficient (Wildman–Crippen LogP) is 0.655. The molecular weight excluding hydrogens is 192 g/mol. The minimum Gasteiger partial charge on any atom is -0.479 e. The van der Waals surface area contributed by atoms with Crippen molar-refractivity contribution in [2.24, 2.45) is 0 Å². The maximum Gasteiger partial charge on any atom is 0.334 e. The largest absolute Gasteiger partial charge is 0.479 e. The zero-order valence-corrected chi connectivity index (χ0v) is 7.87. The molecule has 0 fully saturated rings. The summed E-state index contributed by atoms with van der Waals surface area (Å²) in [6.45, 7) is 0.222. The highest BCUT2D eigenvalue weighted by Crippen LogP contribution is 2.10. The van der Waals surface area contributed by atoms with E-state index in [1.807, 2.05) is 5.38 Å². The Morgan fingerprint density at radius 2 is 2.69 bits per heavy atom. The SMILES string of the molecule is COC(CNc1nccs1)C(=O)O. The molecule has 0 spiro atoms. The summed E-state index contributed by atoms with van der Waals surface area (Å²) in [6, 6.07) is 0. The van der Waals surface area contributed by atoms with Gasteiger partial charge in [-0.3, -0.25) is 0 Å². The molecule has 2 N–H and O–H groups in total. The van der Waals surface area contributed by atoms with E-state index in [9.17, 15) is 4.79 Å². The fourth-order valence-electron chi connectivity index (χ4n) is 0.762. The summed E-state index contributed by atoms with van der Waals surface area (Å²) >= 11 is 1.42. The third-order valence-corrected chi connectivity index (χ3v) is 2.16. The van der Waals surface area contributed by atoms with Gasteiger partial charge < -0.3 is 15.2 Å². The van der Waals surface area contributed by atoms with Crippen molar-refractivity contribution in [3.63, 3.8) is 0 Å². The number of aliphatic carboxylic acids is 1. The quantitative estimate of drug-likeness (QED) is 0.733. The lowest BCUT2D eigenvalue weighted by atomic mass is 10.3. The summed E-state index contributed by atoms with van der Waals surface area (Å²) in [5.41, 5.74) is 0. The van der Waals surface area contributed by atoms with Crippen molar-refractivity contribution in [3.8, 4) is 0 Å². The lowest BCUT2D eigenvalue weighted by Crippen LogP contribution is -2.30. The summed E-state index contributed by atoms with van der Waals surface area (Å²) in [5.74, 6) is -0.980. The Morgan fingerprint density at radius 3 is 3.15 bits per heavy atom. The van der Waals surface area contributed by atoms with Crippen molar-refractivity contribution in [1.29, 1.82) is 0 Å². The molecule has 0 bridgehead atoms. The van der Waals surface area contributed by atoms with Gasteiger partial charge in [-0.2, -0.15) is 0 Å². The van der Waals surface area contributed by atoms with Crippen LogP contribution in [0.5, 0.6) is 0 Å². The second-order valence-corrected chi connectivity index (χ2v) is 3.18. The van der Waals surface area contributed by atoms with Gasteiger partial charge in [0.05, 0.1) is 6.54 Å². The van der Waals surface area contributed by atoms with Crippen LogP contribution in [0.1, 0.15) is 0 Å². The van der Waals surface area contributed by atoms with Crippen LogP contribution in [-0.4, -0.2) is 35.8 Å². The molecule has 6 heteroatoms. The number of ether oxygens (including phenoxy) is 1. The molecule has 0 radical (unpaired) electrons. The van der Waals surface area contributed by atoms with Crippen molar-refractivity contribution in [2.45, 2.75) is 6.10 Å². The Balaban J connectivity index is 2.36. The maximum absolute atomic E-state index is 10.5. The first kappa shape index (κ1) is 9.94. The van der Waals surface area contributed by atoms with Gasteiger partial charge in [0.25, 0.3) is 0 Å². The Labute approximate surface area is 79.4 Å². The highest BCUT2D eigenvalue weighted by Gasteiger charge is 2.15. The molecule has 0 saturated carbocycles. The van der Waals surface area contributed by atoms with Gasteiger partial charge in [0.1, 0.15) is 0 Å². The molecule has 0 saturated heterocycles. The summed E-state index contributed by atoms with van der Waals surface area (Å²) in [4.78, 5) is 14.4. The second-order valence-electron chi connectivity index (χ2n) is 2.28. The Bertz CT molecular complexity index is 263. The highest BCUT2D eigenvalue weighted by molar-refractivity contribution is 7.13. The molecule has 13 heavy (non-hydrogen) atoms. The number of aromatic nitrogens is 1. The average Bonchev–Trinajstić information content (AvgIpc) is 2.57. The van der Waals surface area contributed by atoms with Crippen molar-refractivity contribution < 1.29 is 14.6 Å². The van der Waals surface area contributed by atoms with E-state index in [4.69, 9.17) is 9.84 Å². The molecule has 1 unspecified atom stereocenters. The van der Waals surface area contributed by atoms with Crippen LogP contribution in [0.2, 0.25) is 0 Å². The van der Waals surface area contributed by atoms with Crippen molar-refractivity contribution in [2.75, 3.05) is 19.0 Å². The van der Waals surface area contributed by atoms with Gasteiger partial charge in [-0.05, 0) is 0 Å². The molecular formula is C7H10N2O3S. The first-order valence-corrected chi connectivity index (χ1v) is 4.51. The van der Waals surface area contributed by atoms with Crippen molar-refractivity contribution >= 4 is 22.4 Å². The maximum atomic E-state index is 10.5. The fourth-order valence-corrected chi connectivity index (χ4v) is 1.30. The van der Waals surface area contributed by atoms with E-state index in [-0.39, 0.29) is 6.54 Å². The third-order valence-electron chi connectivity index (χ3n) is 1.43. The molecule has 0 aliphatic carbocycles. The first-order chi connectivity index (χ1) is 6.24. The molecule has 1 aromatic rings. The summed E-state index contributed by atoms with van der Waals surface area (Å²) < 4.78 is 4.72. The van der Waals surface area contributed by atoms with Gasteiger partial charge in [0.15, 0.2) is 11.2 Å². The van der Waals surface area contributed by atoms with Gasteiger partial charge in [-0.25, -0.2) is 9.78 Å². The lowest BCUT2D eigenvalue weighted by Gasteiger charge is -2.09. The summed E-state index contributed by atoms with van der Waals surface area (Å²) in [5, 5.41) is 14.0. The van der Waals surface area contributed by atoms with E-state index in [0.717, 1.165) is 0 Å². The number of anilines is 1. The number of methoxy groups -OCH3 is 1. The number of carboxylic acid groups (broad SMARTS) is 1. The van der Waals surface area contributed by atoms with Gasteiger partial charge >= 0.3 is 5.97 Å². The number of hydrogen-bond donors (Lipinski definition) is 2. The molecule has 0 aliphatic heterocycles. The fraction of sp³-hybridized carbons (Fsp3) is 0.429. The van der Waals surface area contributed by atoms with Crippen LogP contribution in [0.25, 0.3) is 0 Å². The minimum atomic E-state index is -0.980. The van der Waals surface area contributed by atoms with Crippen LogP contribution in [-0.2, 0) is 9.53 Å². The van der Waals surface area contributed by atoms with Crippen LogP contribution >= 0.6 is 11.3 Å². The second kappa shape index (κ2) is 4.78. The molecule has 1 atom stereocenters. The van der Waals surface area contributed by atoms with Crippen LogP contribution in [0.4, 0.5) is 5.13 Å². The van der Waals surface area contributed by atoms with Crippen LogP contribution in [0.3, 0.4) is 0 Å². The molecule has 72 valence electrons. The summed E-state index contributed by atoms with van der Waals surface area (Å²) in [6.07, 6.45) is 0.819. The molecule has 5 nitrogen and oxygen atoms in total. The van der Waals surface area contributed by atoms with Crippen molar-refractivity contribution in [1.82, 2.24) is 4.98 Å².